The Hall–Kier alpha value is -3.51. The fourth-order valence-electron chi connectivity index (χ4n) is 4.03. The maximum absolute atomic E-state index is 12.6. The van der Waals surface area contributed by atoms with E-state index >= 15 is 0 Å². The van der Waals surface area contributed by atoms with Gasteiger partial charge in [0.25, 0.3) is 0 Å². The zero-order valence-electron chi connectivity index (χ0n) is 19.3. The minimum Gasteiger partial charge on any atom is -0.507 e. The standard InChI is InChI=1S/C26H22IN5O3S/c1-36(34,35)32(24-12-6-4-10-22(24)27)17-20-16-31(30-29-20)15-19-14-18-8-2-5-11-23(18)28-26(19)21-9-3-7-13-25(21)33/h2-14,16,33H,15,17H2,1H3. The van der Waals surface area contributed by atoms with Gasteiger partial charge in [0.1, 0.15) is 11.4 Å². The van der Waals surface area contributed by atoms with Crippen LogP contribution in [-0.4, -0.2) is 39.8 Å². The molecule has 0 aliphatic heterocycles. The van der Waals surface area contributed by atoms with Crippen molar-refractivity contribution >= 4 is 49.2 Å². The third-order valence-corrected chi connectivity index (χ3v) is 7.75. The first-order valence-electron chi connectivity index (χ1n) is 11.1. The number of halogens is 1. The number of aromatic hydroxyl groups is 1. The van der Waals surface area contributed by atoms with E-state index in [2.05, 4.69) is 32.9 Å². The number of phenols is 1. The van der Waals surface area contributed by atoms with E-state index in [1.165, 1.54) is 10.6 Å². The minimum atomic E-state index is -3.55. The molecule has 5 rings (SSSR count). The Bertz CT molecular complexity index is 1670. The number of para-hydroxylation sites is 3. The Morgan fingerprint density at radius 1 is 1.00 bits per heavy atom. The summed E-state index contributed by atoms with van der Waals surface area (Å²) in [5, 5.41) is 20.0. The fourth-order valence-corrected chi connectivity index (χ4v) is 5.76. The zero-order chi connectivity index (χ0) is 25.3. The van der Waals surface area contributed by atoms with Gasteiger partial charge in [-0.25, -0.2) is 18.1 Å². The molecule has 0 bridgehead atoms. The molecule has 3 aromatic carbocycles. The molecule has 182 valence electrons. The number of pyridine rings is 1. The third kappa shape index (κ3) is 5.05. The van der Waals surface area contributed by atoms with E-state index in [1.54, 1.807) is 35.1 Å². The highest BCUT2D eigenvalue weighted by atomic mass is 127. The number of phenolic OH excluding ortho intramolecular Hbond substituents is 1. The number of aromatic nitrogens is 4. The molecule has 1 N–H and O–H groups in total. The summed E-state index contributed by atoms with van der Waals surface area (Å²) in [6.45, 7) is 0.400. The summed E-state index contributed by atoms with van der Waals surface area (Å²) in [7, 11) is -3.55. The Balaban J connectivity index is 1.50. The van der Waals surface area contributed by atoms with E-state index in [-0.39, 0.29) is 12.3 Å². The average molecular weight is 611 g/mol. The monoisotopic (exact) mass is 611 g/mol. The maximum Gasteiger partial charge on any atom is 0.232 e. The van der Waals surface area contributed by atoms with Crippen molar-refractivity contribution in [2.24, 2.45) is 0 Å². The van der Waals surface area contributed by atoms with Gasteiger partial charge in [-0.2, -0.15) is 0 Å². The molecule has 0 saturated heterocycles. The lowest BCUT2D eigenvalue weighted by atomic mass is 10.0. The van der Waals surface area contributed by atoms with E-state index < -0.39 is 10.0 Å². The lowest BCUT2D eigenvalue weighted by Gasteiger charge is -2.22. The van der Waals surface area contributed by atoms with Crippen LogP contribution in [0.1, 0.15) is 11.3 Å². The van der Waals surface area contributed by atoms with Crippen molar-refractivity contribution in [3.05, 3.63) is 99.9 Å². The topological polar surface area (TPSA) is 101 Å². The summed E-state index contributed by atoms with van der Waals surface area (Å²) in [5.74, 6) is 0.141. The van der Waals surface area contributed by atoms with Crippen molar-refractivity contribution in [3.8, 4) is 17.0 Å². The van der Waals surface area contributed by atoms with Crippen LogP contribution in [0.25, 0.3) is 22.2 Å². The Morgan fingerprint density at radius 3 is 2.50 bits per heavy atom. The Kier molecular flexibility index (Phi) is 6.63. The van der Waals surface area contributed by atoms with Crippen molar-refractivity contribution in [3.63, 3.8) is 0 Å². The molecule has 0 amide bonds. The molecular formula is C26H22IN5O3S. The number of anilines is 1. The highest BCUT2D eigenvalue weighted by molar-refractivity contribution is 14.1. The van der Waals surface area contributed by atoms with Crippen LogP contribution in [0.2, 0.25) is 0 Å². The molecule has 0 aliphatic rings. The molecule has 0 atom stereocenters. The summed E-state index contributed by atoms with van der Waals surface area (Å²) in [6.07, 6.45) is 2.91. The van der Waals surface area contributed by atoms with Gasteiger partial charge in [-0.1, -0.05) is 47.7 Å². The Labute approximate surface area is 222 Å². The summed E-state index contributed by atoms with van der Waals surface area (Å²) in [5.41, 5.74) is 4.05. The molecule has 0 radical (unpaired) electrons. The van der Waals surface area contributed by atoms with Crippen LogP contribution >= 0.6 is 22.6 Å². The van der Waals surface area contributed by atoms with Crippen molar-refractivity contribution in [1.82, 2.24) is 20.0 Å². The van der Waals surface area contributed by atoms with Gasteiger partial charge in [-0.3, -0.25) is 4.31 Å². The lowest BCUT2D eigenvalue weighted by Crippen LogP contribution is -2.30. The van der Waals surface area contributed by atoms with E-state index in [0.29, 0.717) is 29.2 Å². The molecule has 2 heterocycles. The fraction of sp³-hybridized carbons (Fsp3) is 0.115. The number of hydrogen-bond donors (Lipinski definition) is 1. The highest BCUT2D eigenvalue weighted by Gasteiger charge is 2.22. The number of nitrogens with zero attached hydrogens (tertiary/aromatic N) is 5. The quantitative estimate of drug-likeness (QED) is 0.265. The third-order valence-electron chi connectivity index (χ3n) is 5.71. The minimum absolute atomic E-state index is 0.0567. The van der Waals surface area contributed by atoms with Crippen LogP contribution in [0, 0.1) is 3.57 Å². The molecule has 0 fully saturated rings. The predicted molar refractivity (Wildman–Crippen MR) is 148 cm³/mol. The van der Waals surface area contributed by atoms with Gasteiger partial charge in [-0.15, -0.1) is 5.10 Å². The van der Waals surface area contributed by atoms with Crippen molar-refractivity contribution in [2.45, 2.75) is 13.1 Å². The van der Waals surface area contributed by atoms with Gasteiger partial charge in [0.2, 0.25) is 10.0 Å². The van der Waals surface area contributed by atoms with Crippen molar-refractivity contribution in [2.75, 3.05) is 10.6 Å². The van der Waals surface area contributed by atoms with E-state index in [1.807, 2.05) is 54.6 Å². The molecule has 2 aromatic heterocycles. The first-order valence-corrected chi connectivity index (χ1v) is 14.0. The predicted octanol–water partition coefficient (Wildman–Crippen LogP) is 4.82. The summed E-state index contributed by atoms with van der Waals surface area (Å²) < 4.78 is 29.0. The SMILES string of the molecule is CS(=O)(=O)N(Cc1cn(Cc2cc3ccccc3nc2-c2ccccc2O)nn1)c1ccccc1I. The second-order valence-electron chi connectivity index (χ2n) is 8.33. The van der Waals surface area contributed by atoms with E-state index in [9.17, 15) is 13.5 Å². The van der Waals surface area contributed by atoms with Crippen molar-refractivity contribution in [1.29, 1.82) is 0 Å². The molecule has 0 unspecified atom stereocenters. The summed E-state index contributed by atoms with van der Waals surface area (Å²) in [6, 6.07) is 24.2. The van der Waals surface area contributed by atoms with Crippen LogP contribution in [0.4, 0.5) is 5.69 Å². The van der Waals surface area contributed by atoms with Crippen LogP contribution in [0.5, 0.6) is 5.75 Å². The number of rotatable bonds is 7. The molecule has 36 heavy (non-hydrogen) atoms. The molecule has 0 saturated carbocycles. The van der Waals surface area contributed by atoms with Crippen LogP contribution in [0.15, 0.2) is 85.1 Å². The smallest absolute Gasteiger partial charge is 0.232 e. The largest absolute Gasteiger partial charge is 0.507 e. The van der Waals surface area contributed by atoms with Gasteiger partial charge in [0.05, 0.1) is 42.4 Å². The highest BCUT2D eigenvalue weighted by Crippen LogP contribution is 2.32. The molecule has 0 aliphatic carbocycles. The lowest BCUT2D eigenvalue weighted by molar-refractivity contribution is 0.477. The van der Waals surface area contributed by atoms with Gasteiger partial charge in [0.15, 0.2) is 0 Å². The first-order chi connectivity index (χ1) is 17.3. The van der Waals surface area contributed by atoms with E-state index in [0.717, 1.165) is 20.0 Å². The van der Waals surface area contributed by atoms with Gasteiger partial charge in [0, 0.05) is 20.1 Å². The first kappa shape index (κ1) is 24.2. The zero-order valence-corrected chi connectivity index (χ0v) is 22.3. The molecule has 0 spiro atoms. The molecular weight excluding hydrogens is 589 g/mol. The summed E-state index contributed by atoms with van der Waals surface area (Å²) in [4.78, 5) is 4.83. The number of hydrogen-bond acceptors (Lipinski definition) is 6. The summed E-state index contributed by atoms with van der Waals surface area (Å²) >= 11 is 2.12. The number of fused-ring (bicyclic) bond motifs is 1. The second-order valence-corrected chi connectivity index (χ2v) is 11.4. The number of benzene rings is 3. The normalized spacial score (nSPS) is 11.6. The van der Waals surface area contributed by atoms with Crippen LogP contribution in [-0.2, 0) is 23.1 Å². The van der Waals surface area contributed by atoms with Gasteiger partial charge >= 0.3 is 0 Å². The molecule has 10 heteroatoms. The van der Waals surface area contributed by atoms with Gasteiger partial charge in [-0.05, 0) is 59.0 Å². The molecule has 8 nitrogen and oxygen atoms in total. The van der Waals surface area contributed by atoms with Crippen LogP contribution < -0.4 is 4.31 Å². The van der Waals surface area contributed by atoms with E-state index in [4.69, 9.17) is 4.98 Å². The van der Waals surface area contributed by atoms with Crippen molar-refractivity contribution < 1.29 is 13.5 Å². The average Bonchev–Trinajstić information content (AvgIpc) is 3.29. The van der Waals surface area contributed by atoms with Crippen LogP contribution in [0.3, 0.4) is 0 Å². The number of sulfonamides is 1. The second kappa shape index (κ2) is 9.86. The molecule has 5 aromatic rings. The van der Waals surface area contributed by atoms with Gasteiger partial charge < -0.3 is 5.11 Å². The maximum atomic E-state index is 12.6. The Morgan fingerprint density at radius 2 is 1.72 bits per heavy atom.